The Hall–Kier alpha value is -3.50. The average molecular weight is 504 g/mol. The molecule has 4 aromatic rings. The van der Waals surface area contributed by atoms with Gasteiger partial charge in [-0.2, -0.15) is 0 Å². The number of nitrogens with one attached hydrogen (secondary N) is 3. The highest BCUT2D eigenvalue weighted by molar-refractivity contribution is 7.90. The first-order chi connectivity index (χ1) is 17.4. The molecule has 4 heterocycles. The Labute approximate surface area is 210 Å². The molecule has 0 amide bonds. The lowest BCUT2D eigenvalue weighted by molar-refractivity contribution is 0.386. The maximum absolute atomic E-state index is 12.2. The van der Waals surface area contributed by atoms with Gasteiger partial charge < -0.3 is 16.0 Å². The van der Waals surface area contributed by atoms with Crippen molar-refractivity contribution >= 4 is 32.7 Å². The van der Waals surface area contributed by atoms with Crippen LogP contribution in [0.5, 0.6) is 0 Å². The summed E-state index contributed by atoms with van der Waals surface area (Å²) in [7, 11) is -3.13. The predicted octanol–water partition coefficient (Wildman–Crippen LogP) is 4.07. The quantitative estimate of drug-likeness (QED) is 0.298. The number of aromatic nitrogens is 4. The third-order valence-corrected chi connectivity index (χ3v) is 9.11. The van der Waals surface area contributed by atoms with Crippen LogP contribution in [0.1, 0.15) is 38.5 Å². The van der Waals surface area contributed by atoms with Gasteiger partial charge in [-0.05, 0) is 74.4 Å². The molecule has 2 aliphatic carbocycles. The number of nitrogens with zero attached hydrogens (tertiary/aromatic N) is 3. The van der Waals surface area contributed by atoms with Crippen LogP contribution in [-0.4, -0.2) is 45.7 Å². The molecule has 5 N–H and O–H groups in total. The zero-order chi connectivity index (χ0) is 24.7. The number of nitrogen functional groups attached to an aromatic ring is 1. The van der Waals surface area contributed by atoms with Gasteiger partial charge in [-0.3, -0.25) is 0 Å². The summed E-state index contributed by atoms with van der Waals surface area (Å²) in [6.07, 6.45) is 12.4. The van der Waals surface area contributed by atoms with Gasteiger partial charge in [0.25, 0.3) is 0 Å². The highest BCUT2D eigenvalue weighted by Gasteiger charge is 2.37. The average Bonchev–Trinajstić information content (AvgIpc) is 3.66. The number of fused-ring (bicyclic) bond motifs is 1. The largest absolute Gasteiger partial charge is 0.384 e. The minimum absolute atomic E-state index is 0.0390. The molecule has 0 radical (unpaired) electrons. The fraction of sp³-hybridized carbons (Fsp3) is 0.346. The van der Waals surface area contributed by atoms with Crippen molar-refractivity contribution in [2.24, 2.45) is 0 Å². The first-order valence-electron chi connectivity index (χ1n) is 12.4. The van der Waals surface area contributed by atoms with E-state index in [1.807, 2.05) is 30.7 Å². The summed E-state index contributed by atoms with van der Waals surface area (Å²) >= 11 is 0. The normalized spacial score (nSPS) is 20.4. The van der Waals surface area contributed by atoms with Crippen molar-refractivity contribution in [1.29, 1.82) is 0 Å². The van der Waals surface area contributed by atoms with Crippen molar-refractivity contribution in [2.45, 2.75) is 55.9 Å². The summed E-state index contributed by atoms with van der Waals surface area (Å²) in [5.41, 5.74) is 10.6. The highest BCUT2D eigenvalue weighted by Crippen LogP contribution is 2.33. The van der Waals surface area contributed by atoms with Gasteiger partial charge >= 0.3 is 0 Å². The lowest BCUT2D eigenvalue weighted by Gasteiger charge is -2.30. The molecule has 9 nitrogen and oxygen atoms in total. The number of rotatable bonds is 7. The Morgan fingerprint density at radius 2 is 1.64 bits per heavy atom. The van der Waals surface area contributed by atoms with Crippen LogP contribution in [0.15, 0.2) is 55.1 Å². The van der Waals surface area contributed by atoms with E-state index in [4.69, 9.17) is 5.73 Å². The van der Waals surface area contributed by atoms with E-state index < -0.39 is 10.0 Å². The van der Waals surface area contributed by atoms with Gasteiger partial charge in [0.2, 0.25) is 10.0 Å². The summed E-state index contributed by atoms with van der Waals surface area (Å²) in [4.78, 5) is 16.6. The summed E-state index contributed by atoms with van der Waals surface area (Å²) in [5, 5.41) is 4.41. The van der Waals surface area contributed by atoms with Gasteiger partial charge in [0.15, 0.2) is 0 Å². The molecular weight excluding hydrogens is 474 g/mol. The van der Waals surface area contributed by atoms with Crippen LogP contribution >= 0.6 is 0 Å². The second-order valence-corrected chi connectivity index (χ2v) is 11.8. The number of hydrogen-bond acceptors (Lipinski definition) is 7. The second kappa shape index (κ2) is 9.18. The number of aromatic amines is 1. The molecule has 186 valence electrons. The van der Waals surface area contributed by atoms with Crippen LogP contribution in [0.2, 0.25) is 0 Å². The first-order valence-corrected chi connectivity index (χ1v) is 13.9. The Morgan fingerprint density at radius 1 is 0.861 bits per heavy atom. The molecule has 0 aliphatic heterocycles. The number of anilines is 2. The molecule has 0 atom stereocenters. The molecule has 0 bridgehead atoms. The molecule has 0 unspecified atom stereocenters. The molecular formula is C26H29N7O2S. The lowest BCUT2D eigenvalue weighted by atomic mass is 9.92. The Morgan fingerprint density at radius 3 is 2.39 bits per heavy atom. The monoisotopic (exact) mass is 503 g/mol. The van der Waals surface area contributed by atoms with Crippen molar-refractivity contribution < 1.29 is 8.42 Å². The van der Waals surface area contributed by atoms with Crippen LogP contribution in [0.4, 0.5) is 11.6 Å². The predicted molar refractivity (Wildman–Crippen MR) is 142 cm³/mol. The molecule has 4 aromatic heterocycles. The van der Waals surface area contributed by atoms with E-state index in [1.54, 1.807) is 12.3 Å². The number of sulfonamides is 1. The van der Waals surface area contributed by atoms with Gasteiger partial charge in [0.05, 0.1) is 5.25 Å². The number of hydrogen-bond donors (Lipinski definition) is 4. The summed E-state index contributed by atoms with van der Waals surface area (Å²) in [6, 6.07) is 10.2. The fourth-order valence-electron chi connectivity index (χ4n) is 4.92. The molecule has 0 spiro atoms. The molecule has 2 saturated carbocycles. The summed E-state index contributed by atoms with van der Waals surface area (Å²) in [6.45, 7) is 0. The van der Waals surface area contributed by atoms with E-state index in [1.165, 1.54) is 0 Å². The van der Waals surface area contributed by atoms with Crippen molar-refractivity contribution in [2.75, 3.05) is 11.1 Å². The van der Waals surface area contributed by atoms with Gasteiger partial charge in [-0.15, -0.1) is 0 Å². The molecule has 10 heteroatoms. The Bertz CT molecular complexity index is 1490. The van der Waals surface area contributed by atoms with E-state index in [-0.39, 0.29) is 17.3 Å². The Kier molecular flexibility index (Phi) is 5.85. The third kappa shape index (κ3) is 4.78. The van der Waals surface area contributed by atoms with Crippen LogP contribution in [0.3, 0.4) is 0 Å². The minimum Gasteiger partial charge on any atom is -0.384 e. The van der Waals surface area contributed by atoms with Crippen LogP contribution in [-0.2, 0) is 10.0 Å². The smallest absolute Gasteiger partial charge is 0.214 e. The number of H-pyrrole nitrogens is 1. The van der Waals surface area contributed by atoms with Gasteiger partial charge in [-0.25, -0.2) is 28.1 Å². The van der Waals surface area contributed by atoms with Gasteiger partial charge in [0, 0.05) is 58.9 Å². The zero-order valence-electron chi connectivity index (χ0n) is 19.8. The topological polar surface area (TPSA) is 139 Å². The molecule has 0 aromatic carbocycles. The molecule has 6 rings (SSSR count). The fourth-order valence-corrected chi connectivity index (χ4v) is 6.57. The summed E-state index contributed by atoms with van der Waals surface area (Å²) < 4.78 is 27.4. The van der Waals surface area contributed by atoms with Crippen molar-refractivity contribution in [1.82, 2.24) is 24.7 Å². The van der Waals surface area contributed by atoms with Gasteiger partial charge in [-0.1, -0.05) is 0 Å². The van der Waals surface area contributed by atoms with Crippen molar-refractivity contribution in [3.63, 3.8) is 0 Å². The van der Waals surface area contributed by atoms with E-state index in [0.717, 1.165) is 77.6 Å². The van der Waals surface area contributed by atoms with E-state index >= 15 is 0 Å². The van der Waals surface area contributed by atoms with Gasteiger partial charge in [0.1, 0.15) is 17.3 Å². The van der Waals surface area contributed by atoms with E-state index in [0.29, 0.717) is 5.82 Å². The first kappa shape index (κ1) is 22.9. The lowest BCUT2D eigenvalue weighted by Crippen LogP contribution is -2.41. The van der Waals surface area contributed by atoms with Crippen LogP contribution < -0.4 is 15.8 Å². The number of pyridine rings is 3. The highest BCUT2D eigenvalue weighted by atomic mass is 32.2. The van der Waals surface area contributed by atoms with Crippen LogP contribution in [0, 0.1) is 0 Å². The molecule has 2 fully saturated rings. The zero-order valence-corrected chi connectivity index (χ0v) is 20.6. The minimum atomic E-state index is -3.13. The molecule has 0 saturated heterocycles. The molecule has 2 aliphatic rings. The van der Waals surface area contributed by atoms with Crippen molar-refractivity contribution in [3.8, 4) is 22.3 Å². The Balaban J connectivity index is 1.17. The standard InChI is InChI=1S/C26H29N7O2S/c27-24-8-1-17(13-29-24)18-11-22-23(15-31-26(22)30-14-18)16-9-10-28-25(12-16)32-19-2-4-20(5-3-19)33-36(34,35)21-6-7-21/h1,8-15,19-21,33H,2-7H2,(H2,27,29)(H,28,32)(H,30,31). The number of nitrogens with two attached hydrogens (primary N) is 1. The maximum Gasteiger partial charge on any atom is 0.214 e. The second-order valence-electron chi connectivity index (χ2n) is 9.78. The summed E-state index contributed by atoms with van der Waals surface area (Å²) in [5.74, 6) is 1.30. The maximum atomic E-state index is 12.2. The molecule has 36 heavy (non-hydrogen) atoms. The van der Waals surface area contributed by atoms with Crippen LogP contribution in [0.25, 0.3) is 33.3 Å². The van der Waals surface area contributed by atoms with E-state index in [2.05, 4.69) is 42.1 Å². The third-order valence-electron chi connectivity index (χ3n) is 7.10. The van der Waals surface area contributed by atoms with Crippen molar-refractivity contribution in [3.05, 3.63) is 55.1 Å². The SMILES string of the molecule is Nc1ccc(-c2cnc3[nH]cc(-c4ccnc(NC5CCC(NS(=O)(=O)C6CC6)CC5)c4)c3c2)cn1. The van der Waals surface area contributed by atoms with E-state index in [9.17, 15) is 8.42 Å².